The van der Waals surface area contributed by atoms with Crippen LogP contribution in [-0.4, -0.2) is 30.5 Å². The minimum absolute atomic E-state index is 0.0936. The molecule has 2 aliphatic heterocycles. The van der Waals surface area contributed by atoms with Gasteiger partial charge in [0.15, 0.2) is 6.61 Å². The van der Waals surface area contributed by atoms with Crippen molar-refractivity contribution in [3.8, 4) is 5.75 Å². The number of rotatable bonds is 4. The molecule has 3 aromatic rings. The standard InChI is InChI=1S/C29H30N2O2/c32-27(31-17-4-1-5-18-31)19-33-22-14-11-21(12-15-22)28-25-10-6-9-24(25)26-16-13-20-7-2-3-8-23(20)29(26)30-28/h2-3,6-9,11-16,24-25,28,30H,1,4-5,10,17-19H2/t24-,25+,28-/m1/s1. The maximum Gasteiger partial charge on any atom is 0.260 e. The van der Waals surface area contributed by atoms with Crippen LogP contribution in [0.1, 0.15) is 48.8 Å². The van der Waals surface area contributed by atoms with Crippen molar-refractivity contribution < 1.29 is 9.53 Å². The molecule has 0 spiro atoms. The van der Waals surface area contributed by atoms with Gasteiger partial charge >= 0.3 is 0 Å². The van der Waals surface area contributed by atoms with Gasteiger partial charge in [0.1, 0.15) is 5.75 Å². The Hall–Kier alpha value is -3.27. The number of allylic oxidation sites excluding steroid dienone is 2. The first kappa shape index (κ1) is 20.3. The van der Waals surface area contributed by atoms with E-state index in [-0.39, 0.29) is 18.6 Å². The summed E-state index contributed by atoms with van der Waals surface area (Å²) in [4.78, 5) is 14.3. The van der Waals surface area contributed by atoms with Crippen LogP contribution in [0.2, 0.25) is 0 Å². The number of piperidine rings is 1. The molecule has 1 N–H and O–H groups in total. The third-order valence-corrected chi connectivity index (χ3v) is 7.57. The molecule has 0 radical (unpaired) electrons. The van der Waals surface area contributed by atoms with Gasteiger partial charge < -0.3 is 15.0 Å². The number of ether oxygens (including phenoxy) is 1. The molecular weight excluding hydrogens is 408 g/mol. The first-order chi connectivity index (χ1) is 16.3. The highest BCUT2D eigenvalue weighted by Gasteiger charge is 2.38. The number of nitrogens with one attached hydrogen (secondary N) is 1. The molecule has 1 aliphatic carbocycles. The summed E-state index contributed by atoms with van der Waals surface area (Å²) < 4.78 is 5.84. The van der Waals surface area contributed by atoms with Gasteiger partial charge in [-0.05, 0) is 60.2 Å². The van der Waals surface area contributed by atoms with Crippen molar-refractivity contribution in [1.29, 1.82) is 0 Å². The number of hydrogen-bond acceptors (Lipinski definition) is 3. The maximum absolute atomic E-state index is 12.4. The van der Waals surface area contributed by atoms with Crippen LogP contribution in [0, 0.1) is 5.92 Å². The predicted molar refractivity (Wildman–Crippen MR) is 133 cm³/mol. The number of hydrogen-bond donors (Lipinski definition) is 1. The van der Waals surface area contributed by atoms with Gasteiger partial charge in [0.25, 0.3) is 5.91 Å². The second kappa shape index (κ2) is 8.58. The van der Waals surface area contributed by atoms with E-state index in [9.17, 15) is 4.79 Å². The molecule has 1 fully saturated rings. The number of fused-ring (bicyclic) bond motifs is 5. The molecule has 33 heavy (non-hydrogen) atoms. The lowest BCUT2D eigenvalue weighted by molar-refractivity contribution is -0.134. The van der Waals surface area contributed by atoms with E-state index in [0.717, 1.165) is 38.1 Å². The molecule has 6 rings (SSSR count). The Morgan fingerprint density at radius 1 is 0.970 bits per heavy atom. The van der Waals surface area contributed by atoms with E-state index in [1.54, 1.807) is 0 Å². The van der Waals surface area contributed by atoms with Crippen molar-refractivity contribution >= 4 is 22.4 Å². The zero-order valence-corrected chi connectivity index (χ0v) is 18.9. The van der Waals surface area contributed by atoms with Crippen molar-refractivity contribution in [2.24, 2.45) is 5.92 Å². The molecule has 0 unspecified atom stereocenters. The SMILES string of the molecule is O=C(COc1ccc([C@H]2Nc3c(ccc4ccccc34)[C@@H]3C=CC[C@H]23)cc1)N1CCCCC1. The van der Waals surface area contributed by atoms with E-state index in [0.29, 0.717) is 11.8 Å². The summed E-state index contributed by atoms with van der Waals surface area (Å²) in [6.07, 6.45) is 9.22. The van der Waals surface area contributed by atoms with Gasteiger partial charge in [-0.25, -0.2) is 0 Å². The van der Waals surface area contributed by atoms with Crippen LogP contribution in [0.15, 0.2) is 72.8 Å². The maximum atomic E-state index is 12.4. The third kappa shape index (κ3) is 3.78. The van der Waals surface area contributed by atoms with Crippen LogP contribution in [0.5, 0.6) is 5.75 Å². The Morgan fingerprint density at radius 2 is 1.79 bits per heavy atom. The lowest BCUT2D eigenvalue weighted by Crippen LogP contribution is -2.38. The zero-order valence-electron chi connectivity index (χ0n) is 18.9. The van der Waals surface area contributed by atoms with E-state index in [2.05, 4.69) is 66.0 Å². The smallest absolute Gasteiger partial charge is 0.260 e. The molecule has 1 amide bonds. The summed E-state index contributed by atoms with van der Waals surface area (Å²) in [5, 5.41) is 6.45. The number of carbonyl (C=O) groups excluding carboxylic acids is 1. The summed E-state index contributed by atoms with van der Waals surface area (Å²) in [6, 6.07) is 21.7. The number of benzene rings is 3. The lowest BCUT2D eigenvalue weighted by Gasteiger charge is -2.38. The van der Waals surface area contributed by atoms with Crippen molar-refractivity contribution in [3.63, 3.8) is 0 Å². The molecule has 4 nitrogen and oxygen atoms in total. The number of carbonyl (C=O) groups is 1. The van der Waals surface area contributed by atoms with Crippen LogP contribution < -0.4 is 10.1 Å². The van der Waals surface area contributed by atoms with Gasteiger partial charge in [-0.2, -0.15) is 0 Å². The van der Waals surface area contributed by atoms with Crippen molar-refractivity contribution in [2.75, 3.05) is 25.0 Å². The van der Waals surface area contributed by atoms with Crippen LogP contribution >= 0.6 is 0 Å². The Morgan fingerprint density at radius 3 is 2.64 bits per heavy atom. The molecule has 3 atom stereocenters. The molecule has 3 aromatic carbocycles. The second-order valence-electron chi connectivity index (χ2n) is 9.53. The molecule has 1 saturated heterocycles. The highest BCUT2D eigenvalue weighted by atomic mass is 16.5. The van der Waals surface area contributed by atoms with E-state index < -0.39 is 0 Å². The Balaban J connectivity index is 1.21. The first-order valence-electron chi connectivity index (χ1n) is 12.2. The van der Waals surface area contributed by atoms with Gasteiger partial charge in [0.05, 0.1) is 6.04 Å². The molecule has 0 aromatic heterocycles. The highest BCUT2D eigenvalue weighted by Crippen LogP contribution is 2.51. The molecular formula is C29H30N2O2. The number of likely N-dealkylation sites (tertiary alicyclic amines) is 1. The van der Waals surface area contributed by atoms with E-state index in [1.165, 1.54) is 34.0 Å². The van der Waals surface area contributed by atoms with Crippen LogP contribution in [-0.2, 0) is 4.79 Å². The first-order valence-corrected chi connectivity index (χ1v) is 12.2. The third-order valence-electron chi connectivity index (χ3n) is 7.57. The van der Waals surface area contributed by atoms with Crippen LogP contribution in [0.25, 0.3) is 10.8 Å². The molecule has 4 heteroatoms. The predicted octanol–water partition coefficient (Wildman–Crippen LogP) is 6.06. The monoisotopic (exact) mass is 438 g/mol. The Kier molecular flexibility index (Phi) is 5.29. The average Bonchev–Trinajstić information content (AvgIpc) is 3.38. The quantitative estimate of drug-likeness (QED) is 0.504. The Labute approximate surface area is 195 Å². The van der Waals surface area contributed by atoms with Gasteiger partial charge in [-0.1, -0.05) is 60.7 Å². The summed E-state index contributed by atoms with van der Waals surface area (Å²) in [5.74, 6) is 1.79. The number of amides is 1. The molecule has 3 aliphatic rings. The topological polar surface area (TPSA) is 41.6 Å². The zero-order chi connectivity index (χ0) is 22.2. The summed E-state index contributed by atoms with van der Waals surface area (Å²) in [6.45, 7) is 1.84. The van der Waals surface area contributed by atoms with Gasteiger partial charge in [-0.3, -0.25) is 4.79 Å². The molecule has 168 valence electrons. The average molecular weight is 439 g/mol. The largest absolute Gasteiger partial charge is 0.484 e. The minimum Gasteiger partial charge on any atom is -0.484 e. The van der Waals surface area contributed by atoms with Gasteiger partial charge in [0, 0.05) is 30.1 Å². The minimum atomic E-state index is 0.0936. The fourth-order valence-electron chi connectivity index (χ4n) is 5.82. The number of nitrogens with zero attached hydrogens (tertiary/aromatic N) is 1. The van der Waals surface area contributed by atoms with Crippen molar-refractivity contribution in [1.82, 2.24) is 4.90 Å². The number of anilines is 1. The van der Waals surface area contributed by atoms with Gasteiger partial charge in [0.2, 0.25) is 0 Å². The van der Waals surface area contributed by atoms with Crippen molar-refractivity contribution in [3.05, 3.63) is 83.9 Å². The van der Waals surface area contributed by atoms with Crippen LogP contribution in [0.4, 0.5) is 5.69 Å². The fraction of sp³-hybridized carbons (Fsp3) is 0.345. The van der Waals surface area contributed by atoms with E-state index in [4.69, 9.17) is 4.74 Å². The normalized spacial score (nSPS) is 23.6. The van der Waals surface area contributed by atoms with E-state index >= 15 is 0 Å². The Bertz CT molecular complexity index is 1190. The fourth-order valence-corrected chi connectivity index (χ4v) is 5.82. The van der Waals surface area contributed by atoms with Gasteiger partial charge in [-0.15, -0.1) is 0 Å². The lowest BCUT2D eigenvalue weighted by atomic mass is 9.76. The summed E-state index contributed by atoms with van der Waals surface area (Å²) in [7, 11) is 0. The van der Waals surface area contributed by atoms with Crippen LogP contribution in [0.3, 0.4) is 0 Å². The molecule has 2 heterocycles. The van der Waals surface area contributed by atoms with Crippen molar-refractivity contribution in [2.45, 2.75) is 37.6 Å². The van der Waals surface area contributed by atoms with E-state index in [1.807, 2.05) is 17.0 Å². The highest BCUT2D eigenvalue weighted by molar-refractivity contribution is 5.96. The molecule has 0 bridgehead atoms. The molecule has 0 saturated carbocycles. The summed E-state index contributed by atoms with van der Waals surface area (Å²) >= 11 is 0. The summed E-state index contributed by atoms with van der Waals surface area (Å²) in [5.41, 5.74) is 3.93. The second-order valence-corrected chi connectivity index (χ2v) is 9.53.